The molecular weight excluding hydrogens is 250 g/mol. The predicted octanol–water partition coefficient (Wildman–Crippen LogP) is -0.561. The van der Waals surface area contributed by atoms with Gasteiger partial charge >= 0.3 is 0 Å². The number of anilines is 1. The zero-order valence-electron chi connectivity index (χ0n) is 10.4. The smallest absolute Gasteiger partial charge is 0.167 e. The molecular formula is C11H15N5O3. The average molecular weight is 265 g/mol. The van der Waals surface area contributed by atoms with Crippen molar-refractivity contribution in [1.29, 1.82) is 0 Å². The van der Waals surface area contributed by atoms with Gasteiger partial charge in [-0.3, -0.25) is 4.57 Å². The molecule has 4 N–H and O–H groups in total. The lowest BCUT2D eigenvalue weighted by atomic mass is 10.0. The van der Waals surface area contributed by atoms with E-state index in [2.05, 4.69) is 15.0 Å². The van der Waals surface area contributed by atoms with Crippen LogP contribution in [-0.2, 0) is 4.74 Å². The zero-order chi connectivity index (χ0) is 13.6. The number of aliphatic hydroxyl groups is 2. The van der Waals surface area contributed by atoms with Crippen LogP contribution in [0.1, 0.15) is 19.6 Å². The van der Waals surface area contributed by atoms with Gasteiger partial charge in [0, 0.05) is 6.42 Å². The summed E-state index contributed by atoms with van der Waals surface area (Å²) in [5.74, 6) is 0.279. The van der Waals surface area contributed by atoms with Crippen molar-refractivity contribution in [2.75, 3.05) is 12.3 Å². The SMILES string of the molecule is C[C@@]1(CO)C[C@@H](O)[C@H](n2cnc3c(N)ncnc32)O1. The van der Waals surface area contributed by atoms with Crippen molar-refractivity contribution < 1.29 is 14.9 Å². The highest BCUT2D eigenvalue weighted by atomic mass is 16.6. The predicted molar refractivity (Wildman–Crippen MR) is 66.0 cm³/mol. The lowest BCUT2D eigenvalue weighted by molar-refractivity contribution is -0.0980. The molecule has 0 spiro atoms. The number of imidazole rings is 1. The second-order valence-electron chi connectivity index (χ2n) is 4.97. The molecule has 1 aliphatic rings. The van der Waals surface area contributed by atoms with Gasteiger partial charge in [-0.1, -0.05) is 0 Å². The van der Waals surface area contributed by atoms with Crippen molar-refractivity contribution in [3.05, 3.63) is 12.7 Å². The Morgan fingerprint density at radius 3 is 3.00 bits per heavy atom. The van der Waals surface area contributed by atoms with Gasteiger partial charge < -0.3 is 20.7 Å². The number of hydrogen-bond donors (Lipinski definition) is 3. The van der Waals surface area contributed by atoms with Crippen LogP contribution in [0.15, 0.2) is 12.7 Å². The van der Waals surface area contributed by atoms with E-state index >= 15 is 0 Å². The lowest BCUT2D eigenvalue weighted by Crippen LogP contribution is -2.28. The summed E-state index contributed by atoms with van der Waals surface area (Å²) < 4.78 is 7.33. The maximum Gasteiger partial charge on any atom is 0.167 e. The summed E-state index contributed by atoms with van der Waals surface area (Å²) in [6.07, 6.45) is 1.80. The van der Waals surface area contributed by atoms with E-state index in [-0.39, 0.29) is 12.4 Å². The number of ether oxygens (including phenoxy) is 1. The van der Waals surface area contributed by atoms with E-state index in [1.165, 1.54) is 12.7 Å². The van der Waals surface area contributed by atoms with E-state index in [0.717, 1.165) is 0 Å². The number of nitrogens with zero attached hydrogens (tertiary/aromatic N) is 4. The number of aromatic nitrogens is 4. The summed E-state index contributed by atoms with van der Waals surface area (Å²) in [6, 6.07) is 0. The number of hydrogen-bond acceptors (Lipinski definition) is 7. The van der Waals surface area contributed by atoms with Crippen LogP contribution in [0.2, 0.25) is 0 Å². The zero-order valence-corrected chi connectivity index (χ0v) is 10.4. The molecule has 0 amide bonds. The van der Waals surface area contributed by atoms with Crippen molar-refractivity contribution in [3.8, 4) is 0 Å². The van der Waals surface area contributed by atoms with Gasteiger partial charge in [-0.05, 0) is 6.92 Å². The maximum atomic E-state index is 10.1. The first-order valence-electron chi connectivity index (χ1n) is 5.94. The molecule has 8 nitrogen and oxygen atoms in total. The molecule has 0 bridgehead atoms. The van der Waals surface area contributed by atoms with E-state index in [1.807, 2.05) is 0 Å². The molecule has 1 aliphatic heterocycles. The highest BCUT2D eigenvalue weighted by Gasteiger charge is 2.43. The van der Waals surface area contributed by atoms with Crippen molar-refractivity contribution in [2.45, 2.75) is 31.3 Å². The molecule has 3 atom stereocenters. The topological polar surface area (TPSA) is 119 Å². The van der Waals surface area contributed by atoms with E-state index < -0.39 is 17.9 Å². The fourth-order valence-electron chi connectivity index (χ4n) is 2.36. The standard InChI is InChI=1S/C11H15N5O3/c1-11(3-17)2-6(18)10(19-11)16-5-15-7-8(12)13-4-14-9(7)16/h4-6,10,17-18H,2-3H2,1H3,(H2,12,13,14)/t6-,10-,11+/m1/s1. The van der Waals surface area contributed by atoms with Crippen LogP contribution < -0.4 is 5.73 Å². The summed E-state index contributed by atoms with van der Waals surface area (Å²) in [4.78, 5) is 12.1. The molecule has 8 heteroatoms. The molecule has 2 aromatic rings. The minimum Gasteiger partial charge on any atom is -0.393 e. The molecule has 1 saturated heterocycles. The Kier molecular flexibility index (Phi) is 2.66. The molecule has 0 radical (unpaired) electrons. The summed E-state index contributed by atoms with van der Waals surface area (Å²) in [6.45, 7) is 1.59. The van der Waals surface area contributed by atoms with Crippen LogP contribution in [0.5, 0.6) is 0 Å². The van der Waals surface area contributed by atoms with Gasteiger partial charge in [0.1, 0.15) is 17.9 Å². The van der Waals surface area contributed by atoms with Gasteiger partial charge in [-0.25, -0.2) is 15.0 Å². The van der Waals surface area contributed by atoms with Gasteiger partial charge in [-0.15, -0.1) is 0 Å². The number of aliphatic hydroxyl groups excluding tert-OH is 2. The molecule has 2 aromatic heterocycles. The number of nitrogen functional groups attached to an aromatic ring is 1. The normalized spacial score (nSPS) is 31.1. The van der Waals surface area contributed by atoms with Crippen molar-refractivity contribution >= 4 is 17.0 Å². The van der Waals surface area contributed by atoms with Gasteiger partial charge in [0.05, 0.1) is 18.5 Å². The second kappa shape index (κ2) is 4.12. The molecule has 3 heterocycles. The monoisotopic (exact) mass is 265 g/mol. The Bertz CT molecular complexity index is 615. The summed E-state index contributed by atoms with van der Waals surface area (Å²) in [7, 11) is 0. The van der Waals surface area contributed by atoms with Crippen LogP contribution in [0.25, 0.3) is 11.2 Å². The van der Waals surface area contributed by atoms with Crippen LogP contribution in [0, 0.1) is 0 Å². The first kappa shape index (κ1) is 12.3. The average Bonchev–Trinajstić information content (AvgIpc) is 2.92. The molecule has 19 heavy (non-hydrogen) atoms. The Morgan fingerprint density at radius 2 is 2.32 bits per heavy atom. The van der Waals surface area contributed by atoms with E-state index in [4.69, 9.17) is 10.5 Å². The van der Waals surface area contributed by atoms with E-state index in [0.29, 0.717) is 17.6 Å². The molecule has 1 fully saturated rings. The van der Waals surface area contributed by atoms with Crippen molar-refractivity contribution in [1.82, 2.24) is 19.5 Å². The number of fused-ring (bicyclic) bond motifs is 1. The highest BCUT2D eigenvalue weighted by molar-refractivity contribution is 5.81. The largest absolute Gasteiger partial charge is 0.393 e. The van der Waals surface area contributed by atoms with Gasteiger partial charge in [-0.2, -0.15) is 0 Å². The fourth-order valence-corrected chi connectivity index (χ4v) is 2.36. The first-order chi connectivity index (χ1) is 9.04. The highest BCUT2D eigenvalue weighted by Crippen LogP contribution is 2.37. The third-order valence-corrected chi connectivity index (χ3v) is 3.37. The molecule has 0 aliphatic carbocycles. The third kappa shape index (κ3) is 1.84. The molecule has 3 rings (SSSR count). The summed E-state index contributed by atoms with van der Waals surface area (Å²) in [5, 5.41) is 19.4. The van der Waals surface area contributed by atoms with Crippen molar-refractivity contribution in [2.24, 2.45) is 0 Å². The fraction of sp³-hybridized carbons (Fsp3) is 0.545. The van der Waals surface area contributed by atoms with Crippen LogP contribution in [0.4, 0.5) is 5.82 Å². The Hall–Kier alpha value is -1.77. The Labute approximate surface area is 108 Å². The minimum absolute atomic E-state index is 0.162. The van der Waals surface area contributed by atoms with Crippen LogP contribution in [-0.4, -0.2) is 48.0 Å². The quantitative estimate of drug-likeness (QED) is 0.665. The van der Waals surface area contributed by atoms with Crippen molar-refractivity contribution in [3.63, 3.8) is 0 Å². The second-order valence-corrected chi connectivity index (χ2v) is 4.97. The van der Waals surface area contributed by atoms with E-state index in [1.54, 1.807) is 11.5 Å². The maximum absolute atomic E-state index is 10.1. The van der Waals surface area contributed by atoms with Gasteiger partial charge in [0.25, 0.3) is 0 Å². The lowest BCUT2D eigenvalue weighted by Gasteiger charge is -2.22. The Morgan fingerprint density at radius 1 is 1.53 bits per heavy atom. The molecule has 0 aromatic carbocycles. The molecule has 0 unspecified atom stereocenters. The van der Waals surface area contributed by atoms with Gasteiger partial charge in [0.15, 0.2) is 17.7 Å². The van der Waals surface area contributed by atoms with E-state index in [9.17, 15) is 10.2 Å². The number of rotatable bonds is 2. The van der Waals surface area contributed by atoms with Gasteiger partial charge in [0.2, 0.25) is 0 Å². The van der Waals surface area contributed by atoms with Crippen LogP contribution >= 0.6 is 0 Å². The van der Waals surface area contributed by atoms with Crippen LogP contribution in [0.3, 0.4) is 0 Å². The Balaban J connectivity index is 2.04. The third-order valence-electron chi connectivity index (χ3n) is 3.37. The first-order valence-corrected chi connectivity index (χ1v) is 5.94. The summed E-state index contributed by atoms with van der Waals surface area (Å²) >= 11 is 0. The molecule has 102 valence electrons. The minimum atomic E-state index is -0.765. The molecule has 0 saturated carbocycles. The number of nitrogens with two attached hydrogens (primary N) is 1. The summed E-state index contributed by atoms with van der Waals surface area (Å²) in [5.41, 5.74) is 5.91.